The number of carbonyl (C=O) groups is 3. The summed E-state index contributed by atoms with van der Waals surface area (Å²) in [5, 5.41) is 4.30. The second kappa shape index (κ2) is 16.8. The number of rotatable bonds is 13. The highest BCUT2D eigenvalue weighted by atomic mass is 35.5. The van der Waals surface area contributed by atoms with Gasteiger partial charge in [-0.25, -0.2) is 4.39 Å². The lowest BCUT2D eigenvalue weighted by Crippen LogP contribution is -2.71. The average Bonchev–Trinajstić information content (AvgIpc) is 3.82. The number of alkyl halides is 1. The number of hydrogen-bond acceptors (Lipinski definition) is 8. The monoisotopic (exact) mass is 771 g/mol. The quantitative estimate of drug-likeness (QED) is 0.184. The number of ketones is 1. The molecule has 1 saturated carbocycles. The molecule has 1 aliphatic carbocycles. The number of aromatic nitrogens is 1. The first-order valence-corrected chi connectivity index (χ1v) is 19.7. The van der Waals surface area contributed by atoms with Gasteiger partial charge in [0.1, 0.15) is 6.67 Å². The molecule has 3 aromatic rings. The van der Waals surface area contributed by atoms with Gasteiger partial charge in [0.25, 0.3) is 5.91 Å². The first kappa shape index (κ1) is 39.6. The zero-order valence-electron chi connectivity index (χ0n) is 31.3. The summed E-state index contributed by atoms with van der Waals surface area (Å²) in [6.45, 7) is 9.05. The van der Waals surface area contributed by atoms with Crippen LogP contribution in [0.2, 0.25) is 10.0 Å². The Morgan fingerprint density at radius 2 is 1.55 bits per heavy atom. The van der Waals surface area contributed by atoms with E-state index in [1.807, 2.05) is 56.7 Å². The Bertz CT molecular complexity index is 1800. The van der Waals surface area contributed by atoms with Crippen LogP contribution in [0.4, 0.5) is 10.1 Å². The van der Waals surface area contributed by atoms with E-state index in [0.717, 1.165) is 23.7 Å². The lowest BCUT2D eigenvalue weighted by atomic mass is 9.87. The lowest BCUT2D eigenvalue weighted by molar-refractivity contribution is -0.262. The molecule has 288 valence electrons. The Balaban J connectivity index is 1.27. The summed E-state index contributed by atoms with van der Waals surface area (Å²) in [5.74, 6) is -2.23. The molecule has 0 bridgehead atoms. The fourth-order valence-electron chi connectivity index (χ4n) is 8.22. The predicted octanol–water partition coefficient (Wildman–Crippen LogP) is 7.10. The molecule has 3 fully saturated rings. The molecule has 0 radical (unpaired) electrons. The Morgan fingerprint density at radius 1 is 0.906 bits per heavy atom. The smallest absolute Gasteiger partial charge is 0.308 e. The van der Waals surface area contributed by atoms with Gasteiger partial charge in [0.2, 0.25) is 5.85 Å². The average molecular weight is 773 g/mol. The number of halogens is 3. The molecule has 1 atom stereocenters. The van der Waals surface area contributed by atoms with E-state index in [0.29, 0.717) is 93.4 Å². The van der Waals surface area contributed by atoms with Crippen molar-refractivity contribution in [2.45, 2.75) is 83.2 Å². The van der Waals surface area contributed by atoms with Gasteiger partial charge in [-0.2, -0.15) is 0 Å². The number of carbonyl (C=O) groups excluding carboxylic acids is 3. The number of benzene rings is 2. The minimum Gasteiger partial charge on any atom is -0.466 e. The Hall–Kier alpha value is -3.06. The number of likely N-dealkylation sites (tertiary alicyclic amines) is 1. The molecular weight excluding hydrogens is 720 g/mol. The number of anilines is 1. The van der Waals surface area contributed by atoms with Gasteiger partial charge >= 0.3 is 5.97 Å². The molecule has 6 rings (SSSR count). The minimum absolute atomic E-state index is 0.0546. The summed E-state index contributed by atoms with van der Waals surface area (Å²) >= 11 is 13.7. The third-order valence-electron chi connectivity index (χ3n) is 11.3. The van der Waals surface area contributed by atoms with Crippen molar-refractivity contribution in [3.05, 3.63) is 63.8 Å². The Labute approximate surface area is 321 Å². The molecule has 13 heteroatoms. The molecule has 1 aromatic heterocycles. The highest BCUT2D eigenvalue weighted by Gasteiger charge is 2.53. The van der Waals surface area contributed by atoms with Crippen LogP contribution in [0.15, 0.2) is 42.6 Å². The van der Waals surface area contributed by atoms with Gasteiger partial charge in [-0.3, -0.25) is 29.1 Å². The normalized spacial score (nSPS) is 21.8. The summed E-state index contributed by atoms with van der Waals surface area (Å²) in [6, 6.07) is 10.9. The van der Waals surface area contributed by atoms with E-state index in [9.17, 15) is 14.0 Å². The molecule has 3 heterocycles. The number of ether oxygens (including phenoxy) is 2. The molecule has 1 unspecified atom stereocenters. The topological polar surface area (TPSA) is 96.3 Å². The number of aryl methyl sites for hydroxylation is 1. The summed E-state index contributed by atoms with van der Waals surface area (Å²) in [5.41, 5.74) is 1.69. The van der Waals surface area contributed by atoms with E-state index in [1.165, 1.54) is 0 Å². The molecule has 53 heavy (non-hydrogen) atoms. The second-order valence-corrected chi connectivity index (χ2v) is 16.0. The number of hydrogen-bond donors (Lipinski definition) is 1. The summed E-state index contributed by atoms with van der Waals surface area (Å²) < 4.78 is 28.4. The maximum Gasteiger partial charge on any atom is 0.308 e. The van der Waals surface area contributed by atoms with Crippen molar-refractivity contribution < 1.29 is 28.2 Å². The number of Topliss-reactive ketones (excluding diaryl/α,β-unsaturated/α-hetero) is 1. The molecule has 1 N–H and O–H groups in total. The number of piperazine rings is 1. The van der Waals surface area contributed by atoms with Crippen LogP contribution in [0.1, 0.15) is 75.2 Å². The van der Waals surface area contributed by atoms with Crippen molar-refractivity contribution in [2.24, 2.45) is 13.0 Å². The summed E-state index contributed by atoms with van der Waals surface area (Å²) in [6.07, 6.45) is 5.83. The van der Waals surface area contributed by atoms with Gasteiger partial charge in [0, 0.05) is 80.4 Å². The molecule has 10 nitrogen and oxygen atoms in total. The highest BCUT2D eigenvalue weighted by molar-refractivity contribution is 6.36. The zero-order chi connectivity index (χ0) is 37.9. The van der Waals surface area contributed by atoms with Crippen molar-refractivity contribution in [1.82, 2.24) is 19.3 Å². The number of nitrogens with one attached hydrogen (secondary N) is 1. The fourth-order valence-corrected chi connectivity index (χ4v) is 8.68. The number of amides is 1. The van der Waals surface area contributed by atoms with Gasteiger partial charge < -0.3 is 19.4 Å². The maximum absolute atomic E-state index is 15.1. The van der Waals surface area contributed by atoms with Crippen molar-refractivity contribution in [1.29, 1.82) is 0 Å². The van der Waals surface area contributed by atoms with Crippen LogP contribution in [-0.4, -0.2) is 107 Å². The van der Waals surface area contributed by atoms with Crippen LogP contribution < -0.4 is 5.32 Å². The van der Waals surface area contributed by atoms with Crippen molar-refractivity contribution >= 4 is 57.5 Å². The maximum atomic E-state index is 15.1. The number of esters is 1. The number of para-hydroxylation sites is 1. The van der Waals surface area contributed by atoms with E-state index in [1.54, 1.807) is 18.3 Å². The molecular formula is C40H52Cl2FN5O5. The van der Waals surface area contributed by atoms with Crippen LogP contribution >= 0.6 is 23.2 Å². The van der Waals surface area contributed by atoms with Crippen LogP contribution in [0.3, 0.4) is 0 Å². The van der Waals surface area contributed by atoms with Crippen molar-refractivity contribution in [2.75, 3.05) is 57.9 Å². The lowest BCUT2D eigenvalue weighted by Gasteiger charge is -2.53. The summed E-state index contributed by atoms with van der Waals surface area (Å²) in [7, 11) is 1.89. The van der Waals surface area contributed by atoms with E-state index in [4.69, 9.17) is 32.7 Å². The molecule has 3 aliphatic rings. The number of fused-ring (bicyclic) bond motifs is 1. The van der Waals surface area contributed by atoms with Gasteiger partial charge in [-0.15, -0.1) is 0 Å². The van der Waals surface area contributed by atoms with E-state index >= 15 is 4.79 Å². The van der Waals surface area contributed by atoms with Crippen LogP contribution in [0.25, 0.3) is 10.9 Å². The number of nitrogens with zero attached hydrogens (tertiary/aromatic N) is 4. The Kier molecular flexibility index (Phi) is 12.5. The molecule has 2 saturated heterocycles. The fraction of sp³-hybridized carbons (Fsp3) is 0.575. The molecule has 1 amide bonds. The van der Waals surface area contributed by atoms with E-state index in [-0.39, 0.29) is 41.1 Å². The van der Waals surface area contributed by atoms with Crippen LogP contribution in [-0.2, 0) is 32.5 Å². The Morgan fingerprint density at radius 3 is 2.21 bits per heavy atom. The standard InChI is InChI=1S/C40H52Cl2FN5O5/c1-5-52-38(51)27-12-14-29(15-13-27)53-40(47-16-8-9-17-47,48-20-18-46(19-21-48)39(2,3)26-43)36(49)23-28-22-33(42)34(24-32(28)41)44-37(50)31-25-45(4)35-11-7-6-10-30(31)35/h6-7,10-11,22,24-25,27,29H,5,8-9,12-21,23,26H2,1-4H3,(H,44,50)/t27-,29-,40?. The van der Waals surface area contributed by atoms with Crippen LogP contribution in [0, 0.1) is 5.92 Å². The highest BCUT2D eigenvalue weighted by Crippen LogP contribution is 2.39. The molecule has 2 aliphatic heterocycles. The van der Waals surface area contributed by atoms with Gasteiger partial charge in [0.15, 0.2) is 5.78 Å². The second-order valence-electron chi connectivity index (χ2n) is 15.2. The third-order valence-corrected chi connectivity index (χ3v) is 12.0. The largest absolute Gasteiger partial charge is 0.466 e. The zero-order valence-corrected chi connectivity index (χ0v) is 32.8. The summed E-state index contributed by atoms with van der Waals surface area (Å²) in [4.78, 5) is 47.5. The van der Waals surface area contributed by atoms with Crippen molar-refractivity contribution in [3.8, 4) is 0 Å². The van der Waals surface area contributed by atoms with Crippen molar-refractivity contribution in [3.63, 3.8) is 0 Å². The first-order chi connectivity index (χ1) is 25.4. The van der Waals surface area contributed by atoms with Gasteiger partial charge in [-0.1, -0.05) is 41.4 Å². The first-order valence-electron chi connectivity index (χ1n) is 18.9. The van der Waals surface area contributed by atoms with Gasteiger partial charge in [0.05, 0.1) is 34.9 Å². The SMILES string of the molecule is CCOC(=O)[C@H]1CC[C@H](OC(C(=O)Cc2cc(Cl)c(NC(=O)c3cn(C)c4ccccc34)cc2Cl)(N2CCCC2)N2CCN(C(C)(C)CF)CC2)CC1. The minimum atomic E-state index is -1.39. The molecule has 0 spiro atoms. The molecule has 2 aromatic carbocycles. The van der Waals surface area contributed by atoms with Crippen LogP contribution in [0.5, 0.6) is 0 Å². The van der Waals surface area contributed by atoms with E-state index in [2.05, 4.69) is 20.0 Å². The van der Waals surface area contributed by atoms with Gasteiger partial charge in [-0.05, 0) is 83.1 Å². The predicted molar refractivity (Wildman–Crippen MR) is 206 cm³/mol. The third kappa shape index (κ3) is 8.31. The van der Waals surface area contributed by atoms with E-state index < -0.39 is 18.1 Å².